The van der Waals surface area contributed by atoms with E-state index in [1.165, 1.54) is 5.56 Å². The average Bonchev–Trinajstić information content (AvgIpc) is 2.58. The van der Waals surface area contributed by atoms with Crippen molar-refractivity contribution in [2.24, 2.45) is 5.92 Å². The Morgan fingerprint density at radius 3 is 2.44 bits per heavy atom. The standard InChI is InChI=1S/C21H27NO3/c1-15(2)12-19(21(23)24)22-13-18-6-4-5-7-20(18)25-14-17-10-8-16(3)9-11-17/h4-11,15,19,22H,12-14H2,1-3H3,(H,23,24). The molecule has 1 unspecified atom stereocenters. The lowest BCUT2D eigenvalue weighted by Gasteiger charge is -2.18. The largest absolute Gasteiger partial charge is 0.489 e. The van der Waals surface area contributed by atoms with Crippen LogP contribution < -0.4 is 10.1 Å². The normalized spacial score (nSPS) is 12.2. The fraction of sp³-hybridized carbons (Fsp3) is 0.381. The molecule has 0 fully saturated rings. The number of aryl methyl sites for hydroxylation is 1. The third kappa shape index (κ3) is 6.24. The molecular formula is C21H27NO3. The van der Waals surface area contributed by atoms with Crippen LogP contribution in [0.25, 0.3) is 0 Å². The zero-order valence-corrected chi connectivity index (χ0v) is 15.2. The fourth-order valence-corrected chi connectivity index (χ4v) is 2.61. The number of hydrogen-bond donors (Lipinski definition) is 2. The maximum Gasteiger partial charge on any atom is 0.320 e. The van der Waals surface area contributed by atoms with E-state index in [0.717, 1.165) is 16.9 Å². The van der Waals surface area contributed by atoms with E-state index in [9.17, 15) is 9.90 Å². The minimum atomic E-state index is -0.813. The van der Waals surface area contributed by atoms with Crippen molar-refractivity contribution in [2.75, 3.05) is 0 Å². The molecule has 0 saturated carbocycles. The van der Waals surface area contributed by atoms with Gasteiger partial charge in [-0.1, -0.05) is 61.9 Å². The molecule has 0 bridgehead atoms. The second-order valence-electron chi connectivity index (χ2n) is 6.78. The summed E-state index contributed by atoms with van der Waals surface area (Å²) in [6.45, 7) is 7.06. The molecule has 25 heavy (non-hydrogen) atoms. The molecule has 0 radical (unpaired) electrons. The van der Waals surface area contributed by atoms with Crippen LogP contribution in [-0.2, 0) is 17.9 Å². The Labute approximate surface area is 149 Å². The Balaban J connectivity index is 1.99. The SMILES string of the molecule is Cc1ccc(COc2ccccc2CNC(CC(C)C)C(=O)O)cc1. The Bertz CT molecular complexity index is 680. The summed E-state index contributed by atoms with van der Waals surface area (Å²) in [6, 6.07) is 15.4. The summed E-state index contributed by atoms with van der Waals surface area (Å²) in [6.07, 6.45) is 0.599. The predicted octanol–water partition coefficient (Wildman–Crippen LogP) is 4.16. The van der Waals surface area contributed by atoms with E-state index in [1.807, 2.05) is 38.1 Å². The van der Waals surface area contributed by atoms with Crippen LogP contribution in [-0.4, -0.2) is 17.1 Å². The van der Waals surface area contributed by atoms with Gasteiger partial charge in [-0.15, -0.1) is 0 Å². The lowest BCUT2D eigenvalue weighted by Crippen LogP contribution is -2.37. The molecule has 4 heteroatoms. The molecule has 0 aromatic heterocycles. The number of aliphatic carboxylic acids is 1. The summed E-state index contributed by atoms with van der Waals surface area (Å²) in [5.74, 6) is 0.289. The van der Waals surface area contributed by atoms with E-state index >= 15 is 0 Å². The lowest BCUT2D eigenvalue weighted by atomic mass is 10.0. The minimum absolute atomic E-state index is 0.321. The smallest absolute Gasteiger partial charge is 0.320 e. The van der Waals surface area contributed by atoms with E-state index in [4.69, 9.17) is 4.74 Å². The quantitative estimate of drug-likeness (QED) is 0.719. The monoisotopic (exact) mass is 341 g/mol. The molecule has 2 N–H and O–H groups in total. The number of nitrogens with one attached hydrogen (secondary N) is 1. The molecule has 2 rings (SSSR count). The number of hydrogen-bond acceptors (Lipinski definition) is 3. The summed E-state index contributed by atoms with van der Waals surface area (Å²) < 4.78 is 5.95. The highest BCUT2D eigenvalue weighted by atomic mass is 16.5. The second-order valence-corrected chi connectivity index (χ2v) is 6.78. The first-order valence-corrected chi connectivity index (χ1v) is 8.68. The van der Waals surface area contributed by atoms with Crippen molar-refractivity contribution < 1.29 is 14.6 Å². The minimum Gasteiger partial charge on any atom is -0.489 e. The molecule has 0 saturated heterocycles. The molecule has 1 atom stereocenters. The van der Waals surface area contributed by atoms with Gasteiger partial charge in [-0.2, -0.15) is 0 Å². The maximum absolute atomic E-state index is 11.4. The zero-order valence-electron chi connectivity index (χ0n) is 15.2. The number of carbonyl (C=O) groups is 1. The van der Waals surface area contributed by atoms with Gasteiger partial charge in [0.05, 0.1) is 0 Å². The Kier molecular flexibility index (Phi) is 7.02. The molecule has 2 aromatic rings. The van der Waals surface area contributed by atoms with E-state index in [0.29, 0.717) is 25.5 Å². The number of carboxylic acids is 1. The van der Waals surface area contributed by atoms with Crippen LogP contribution >= 0.6 is 0 Å². The third-order valence-electron chi connectivity index (χ3n) is 4.03. The van der Waals surface area contributed by atoms with Crippen molar-refractivity contribution in [3.63, 3.8) is 0 Å². The molecular weight excluding hydrogens is 314 g/mol. The van der Waals surface area contributed by atoms with E-state index < -0.39 is 12.0 Å². The summed E-state index contributed by atoms with van der Waals surface area (Å²) in [7, 11) is 0. The van der Waals surface area contributed by atoms with Crippen LogP contribution in [0, 0.1) is 12.8 Å². The molecule has 0 spiro atoms. The van der Waals surface area contributed by atoms with Gasteiger partial charge in [0.15, 0.2) is 0 Å². The lowest BCUT2D eigenvalue weighted by molar-refractivity contribution is -0.140. The number of rotatable bonds is 9. The molecule has 4 nitrogen and oxygen atoms in total. The summed E-state index contributed by atoms with van der Waals surface area (Å²) in [5.41, 5.74) is 3.29. The number of benzene rings is 2. The van der Waals surface area contributed by atoms with Crippen molar-refractivity contribution in [2.45, 2.75) is 46.4 Å². The summed E-state index contributed by atoms with van der Waals surface area (Å²) >= 11 is 0. The Morgan fingerprint density at radius 1 is 1.12 bits per heavy atom. The van der Waals surface area contributed by atoms with Gasteiger partial charge >= 0.3 is 5.97 Å². The molecule has 0 amide bonds. The van der Waals surface area contributed by atoms with Crippen molar-refractivity contribution in [3.8, 4) is 5.75 Å². The van der Waals surface area contributed by atoms with Crippen LogP contribution in [0.4, 0.5) is 0 Å². The number of ether oxygens (including phenoxy) is 1. The first kappa shape index (κ1) is 19.0. The molecule has 0 aliphatic rings. The molecule has 2 aromatic carbocycles. The summed E-state index contributed by atoms with van der Waals surface area (Å²) in [5, 5.41) is 12.5. The molecule has 0 heterocycles. The zero-order chi connectivity index (χ0) is 18.2. The highest BCUT2D eigenvalue weighted by molar-refractivity contribution is 5.73. The van der Waals surface area contributed by atoms with Gasteiger partial charge < -0.3 is 15.2 Å². The second kappa shape index (κ2) is 9.23. The van der Waals surface area contributed by atoms with Gasteiger partial charge in [-0.25, -0.2) is 0 Å². The van der Waals surface area contributed by atoms with Crippen LogP contribution in [0.1, 0.15) is 37.0 Å². The topological polar surface area (TPSA) is 58.6 Å². The fourth-order valence-electron chi connectivity index (χ4n) is 2.61. The molecule has 0 aliphatic carbocycles. The average molecular weight is 341 g/mol. The van der Waals surface area contributed by atoms with Crippen molar-refractivity contribution in [1.82, 2.24) is 5.32 Å². The first-order valence-electron chi connectivity index (χ1n) is 8.68. The van der Waals surface area contributed by atoms with Crippen molar-refractivity contribution >= 4 is 5.97 Å². The van der Waals surface area contributed by atoms with Crippen LogP contribution in [0.5, 0.6) is 5.75 Å². The van der Waals surface area contributed by atoms with Gasteiger partial charge in [0.1, 0.15) is 18.4 Å². The van der Waals surface area contributed by atoms with E-state index in [2.05, 4.69) is 36.5 Å². The Hall–Kier alpha value is -2.33. The van der Waals surface area contributed by atoms with E-state index in [-0.39, 0.29) is 0 Å². The van der Waals surface area contributed by atoms with Gasteiger partial charge in [-0.05, 0) is 30.9 Å². The van der Waals surface area contributed by atoms with Crippen LogP contribution in [0.3, 0.4) is 0 Å². The number of para-hydroxylation sites is 1. The highest BCUT2D eigenvalue weighted by Gasteiger charge is 2.18. The summed E-state index contributed by atoms with van der Waals surface area (Å²) in [4.78, 5) is 11.4. The van der Waals surface area contributed by atoms with Gasteiger partial charge in [-0.3, -0.25) is 4.79 Å². The van der Waals surface area contributed by atoms with Crippen molar-refractivity contribution in [3.05, 3.63) is 65.2 Å². The number of carboxylic acid groups (broad SMARTS) is 1. The van der Waals surface area contributed by atoms with Gasteiger partial charge in [0, 0.05) is 12.1 Å². The molecule has 0 aliphatic heterocycles. The molecule has 134 valence electrons. The third-order valence-corrected chi connectivity index (χ3v) is 4.03. The predicted molar refractivity (Wildman–Crippen MR) is 99.7 cm³/mol. The Morgan fingerprint density at radius 2 is 1.80 bits per heavy atom. The van der Waals surface area contributed by atoms with Gasteiger partial charge in [0.2, 0.25) is 0 Å². The maximum atomic E-state index is 11.4. The van der Waals surface area contributed by atoms with Crippen molar-refractivity contribution in [1.29, 1.82) is 0 Å². The first-order chi connectivity index (χ1) is 12.0. The van der Waals surface area contributed by atoms with Crippen LogP contribution in [0.2, 0.25) is 0 Å². The van der Waals surface area contributed by atoms with Gasteiger partial charge in [0.25, 0.3) is 0 Å². The van der Waals surface area contributed by atoms with E-state index in [1.54, 1.807) is 0 Å². The highest BCUT2D eigenvalue weighted by Crippen LogP contribution is 2.20. The van der Waals surface area contributed by atoms with Crippen LogP contribution in [0.15, 0.2) is 48.5 Å².